The summed E-state index contributed by atoms with van der Waals surface area (Å²) < 4.78 is 48.0. The van der Waals surface area contributed by atoms with E-state index >= 15 is 0 Å². The van der Waals surface area contributed by atoms with Crippen LogP contribution in [0.2, 0.25) is 0 Å². The topological polar surface area (TPSA) is 110 Å². The predicted octanol–water partition coefficient (Wildman–Crippen LogP) is 5.30. The highest BCUT2D eigenvalue weighted by molar-refractivity contribution is 5.92. The zero-order valence-corrected chi connectivity index (χ0v) is 23.3. The molecule has 1 atom stereocenters. The van der Waals surface area contributed by atoms with E-state index in [1.54, 1.807) is 30.3 Å². The number of imidazole rings is 1. The van der Waals surface area contributed by atoms with E-state index in [0.29, 0.717) is 18.8 Å². The molecule has 0 aliphatic carbocycles. The first-order valence-electron chi connectivity index (χ1n) is 14.2. The lowest BCUT2D eigenvalue weighted by molar-refractivity contribution is -0.0592. The van der Waals surface area contributed by atoms with Gasteiger partial charge in [-0.1, -0.05) is 0 Å². The van der Waals surface area contributed by atoms with Gasteiger partial charge in [-0.15, -0.1) is 0 Å². The number of aromatic carboxylic acids is 1. The molecule has 2 fully saturated rings. The average Bonchev–Trinajstić information content (AvgIpc) is 3.32. The van der Waals surface area contributed by atoms with Crippen molar-refractivity contribution in [2.75, 3.05) is 19.7 Å². The first-order valence-corrected chi connectivity index (χ1v) is 14.2. The Morgan fingerprint density at radius 2 is 1.88 bits per heavy atom. The molecule has 1 aromatic heterocycles. The van der Waals surface area contributed by atoms with Gasteiger partial charge in [0.2, 0.25) is 0 Å². The third-order valence-electron chi connectivity index (χ3n) is 7.92. The molecule has 3 aromatic carbocycles. The van der Waals surface area contributed by atoms with Crippen molar-refractivity contribution in [1.82, 2.24) is 14.5 Å². The Hall–Kier alpha value is -4.53. The Morgan fingerprint density at radius 3 is 2.58 bits per heavy atom. The van der Waals surface area contributed by atoms with Crippen LogP contribution >= 0.6 is 0 Å². The number of carbonyl (C=O) groups is 1. The maximum absolute atomic E-state index is 14.5. The van der Waals surface area contributed by atoms with E-state index in [4.69, 9.17) is 24.5 Å². The molecule has 3 heterocycles. The maximum Gasteiger partial charge on any atom is 0.335 e. The van der Waals surface area contributed by atoms with Gasteiger partial charge in [0.25, 0.3) is 0 Å². The van der Waals surface area contributed by atoms with Crippen molar-refractivity contribution in [2.24, 2.45) is 0 Å². The molecule has 43 heavy (non-hydrogen) atoms. The van der Waals surface area contributed by atoms with Crippen LogP contribution in [-0.4, -0.2) is 57.4 Å². The molecule has 6 rings (SSSR count). The number of nitriles is 1. The van der Waals surface area contributed by atoms with Gasteiger partial charge in [0.15, 0.2) is 11.6 Å². The highest BCUT2D eigenvalue weighted by Gasteiger charge is 2.26. The number of carboxylic acid groups (broad SMARTS) is 1. The zero-order chi connectivity index (χ0) is 29.9. The third-order valence-corrected chi connectivity index (χ3v) is 7.92. The van der Waals surface area contributed by atoms with Crippen molar-refractivity contribution >= 4 is 17.0 Å². The molecule has 11 heteroatoms. The second kappa shape index (κ2) is 12.4. The number of halogens is 2. The van der Waals surface area contributed by atoms with Gasteiger partial charge in [0.1, 0.15) is 30.1 Å². The molecule has 2 saturated heterocycles. The number of ether oxygens (including phenoxy) is 3. The molecule has 0 bridgehead atoms. The van der Waals surface area contributed by atoms with Crippen molar-refractivity contribution < 1.29 is 32.9 Å². The van der Waals surface area contributed by atoms with Crippen LogP contribution < -0.4 is 9.47 Å². The fraction of sp³-hybridized carbons (Fsp3) is 0.344. The lowest BCUT2D eigenvalue weighted by Gasteiger charge is -2.32. The number of hydrogen-bond acceptors (Lipinski definition) is 7. The minimum Gasteiger partial charge on any atom is -0.490 e. The number of carboxylic acids is 1. The maximum atomic E-state index is 14.5. The number of rotatable bonds is 10. The van der Waals surface area contributed by atoms with E-state index in [9.17, 15) is 18.7 Å². The number of fused-ring (bicyclic) bond motifs is 1. The monoisotopic (exact) mass is 588 g/mol. The molecule has 0 amide bonds. The SMILES string of the molecule is N#Cc1ccc(OCc2cc(OC3CCN(Cc4nc5ccc(C(=O)O)cc5n4C[C@@H]4CCO4)CC3)ccc2F)c(F)c1. The minimum atomic E-state index is -0.973. The van der Waals surface area contributed by atoms with Crippen LogP contribution in [0.3, 0.4) is 0 Å². The highest BCUT2D eigenvalue weighted by Crippen LogP contribution is 2.27. The smallest absolute Gasteiger partial charge is 0.335 e. The van der Waals surface area contributed by atoms with Gasteiger partial charge in [0.05, 0.1) is 47.4 Å². The Kier molecular flexibility index (Phi) is 8.22. The van der Waals surface area contributed by atoms with Crippen LogP contribution in [0.25, 0.3) is 11.0 Å². The van der Waals surface area contributed by atoms with Gasteiger partial charge in [-0.3, -0.25) is 4.90 Å². The summed E-state index contributed by atoms with van der Waals surface area (Å²) in [5.41, 5.74) is 2.19. The van der Waals surface area contributed by atoms with Crippen molar-refractivity contribution in [1.29, 1.82) is 5.26 Å². The molecule has 4 aromatic rings. The van der Waals surface area contributed by atoms with Crippen LogP contribution in [-0.2, 0) is 24.4 Å². The Labute approximate surface area is 246 Å². The van der Waals surface area contributed by atoms with Gasteiger partial charge in [0, 0.05) is 25.3 Å². The zero-order valence-electron chi connectivity index (χ0n) is 23.3. The number of piperidine rings is 1. The van der Waals surface area contributed by atoms with Gasteiger partial charge < -0.3 is 23.9 Å². The Morgan fingerprint density at radius 1 is 1.07 bits per heavy atom. The van der Waals surface area contributed by atoms with Gasteiger partial charge in [-0.25, -0.2) is 18.6 Å². The summed E-state index contributed by atoms with van der Waals surface area (Å²) in [6, 6.07) is 15.2. The third kappa shape index (κ3) is 6.45. The number of hydrogen-bond donors (Lipinski definition) is 1. The van der Waals surface area contributed by atoms with Gasteiger partial charge in [-0.05, 0) is 73.9 Å². The molecular weight excluding hydrogens is 558 g/mol. The van der Waals surface area contributed by atoms with Crippen LogP contribution in [0, 0.1) is 23.0 Å². The lowest BCUT2D eigenvalue weighted by Crippen LogP contribution is -2.39. The molecule has 1 N–H and O–H groups in total. The normalized spacial score (nSPS) is 17.4. The lowest BCUT2D eigenvalue weighted by atomic mass is 10.1. The summed E-state index contributed by atoms with van der Waals surface area (Å²) in [7, 11) is 0. The summed E-state index contributed by atoms with van der Waals surface area (Å²) in [5, 5.41) is 18.4. The fourth-order valence-electron chi connectivity index (χ4n) is 5.42. The number of aromatic nitrogens is 2. The second-order valence-electron chi connectivity index (χ2n) is 10.8. The van der Waals surface area contributed by atoms with Crippen molar-refractivity contribution in [3.63, 3.8) is 0 Å². The van der Waals surface area contributed by atoms with E-state index in [0.717, 1.165) is 61.9 Å². The highest BCUT2D eigenvalue weighted by atomic mass is 19.1. The van der Waals surface area contributed by atoms with Crippen LogP contribution in [0.1, 0.15) is 46.6 Å². The molecule has 222 valence electrons. The van der Waals surface area contributed by atoms with Gasteiger partial charge >= 0.3 is 5.97 Å². The molecular formula is C32H30F2N4O5. The average molecular weight is 589 g/mol. The van der Waals surface area contributed by atoms with E-state index in [-0.39, 0.29) is 41.3 Å². The second-order valence-corrected chi connectivity index (χ2v) is 10.8. The van der Waals surface area contributed by atoms with Gasteiger partial charge in [-0.2, -0.15) is 5.26 Å². The Balaban J connectivity index is 1.07. The quantitative estimate of drug-likeness (QED) is 0.266. The summed E-state index contributed by atoms with van der Waals surface area (Å²) in [4.78, 5) is 18.7. The molecule has 0 radical (unpaired) electrons. The summed E-state index contributed by atoms with van der Waals surface area (Å²) >= 11 is 0. The van der Waals surface area contributed by atoms with Crippen LogP contribution in [0.15, 0.2) is 54.6 Å². The first kappa shape index (κ1) is 28.6. The molecule has 2 aliphatic heterocycles. The van der Waals surface area contributed by atoms with E-state index in [2.05, 4.69) is 9.47 Å². The first-order chi connectivity index (χ1) is 20.9. The number of likely N-dealkylation sites (tertiary alicyclic amines) is 1. The largest absolute Gasteiger partial charge is 0.490 e. The standard InChI is InChI=1S/C32H30F2N4O5/c33-26-4-3-24(14-22(26)19-42-30-6-1-20(16-35)13-27(30)34)43-23-7-10-37(11-8-23)18-31-36-28-5-2-21(32(39)40)15-29(28)38(31)17-25-9-12-41-25/h1-6,13-15,23,25H,7-12,17-19H2,(H,39,40)/t25-/m0/s1. The minimum absolute atomic E-state index is 0.0619. The van der Waals surface area contributed by atoms with E-state index < -0.39 is 17.6 Å². The summed E-state index contributed by atoms with van der Waals surface area (Å²) in [6.45, 7) is 3.32. The van der Waals surface area contributed by atoms with E-state index in [1.165, 1.54) is 18.2 Å². The molecule has 0 unspecified atom stereocenters. The summed E-state index contributed by atoms with van der Waals surface area (Å²) in [5.74, 6) is -0.825. The van der Waals surface area contributed by atoms with Crippen LogP contribution in [0.4, 0.5) is 8.78 Å². The van der Waals surface area contributed by atoms with Crippen molar-refractivity contribution in [3.8, 4) is 17.6 Å². The van der Waals surface area contributed by atoms with Crippen molar-refractivity contribution in [3.05, 3.63) is 88.7 Å². The van der Waals surface area contributed by atoms with Crippen LogP contribution in [0.5, 0.6) is 11.5 Å². The fourth-order valence-corrected chi connectivity index (χ4v) is 5.42. The van der Waals surface area contributed by atoms with E-state index in [1.807, 2.05) is 6.07 Å². The van der Waals surface area contributed by atoms with Crippen molar-refractivity contribution in [2.45, 2.75) is 51.2 Å². The number of nitrogens with zero attached hydrogens (tertiary/aromatic N) is 4. The number of benzene rings is 3. The molecule has 9 nitrogen and oxygen atoms in total. The molecule has 0 spiro atoms. The molecule has 2 aliphatic rings. The predicted molar refractivity (Wildman–Crippen MR) is 152 cm³/mol. The summed E-state index contributed by atoms with van der Waals surface area (Å²) in [6.07, 6.45) is 2.51. The molecule has 0 saturated carbocycles. The Bertz CT molecular complexity index is 1690.